The van der Waals surface area contributed by atoms with Crippen LogP contribution in [0.15, 0.2) is 41.3 Å². The van der Waals surface area contributed by atoms with Crippen LogP contribution in [0.2, 0.25) is 0 Å². The van der Waals surface area contributed by atoms with Crippen molar-refractivity contribution in [3.05, 3.63) is 58.1 Å². The van der Waals surface area contributed by atoms with E-state index in [1.54, 1.807) is 31.4 Å². The Balaban J connectivity index is 1.66. The first-order valence-corrected chi connectivity index (χ1v) is 11.3. The number of aromatic nitrogens is 2. The molecule has 1 aliphatic rings. The molecule has 0 radical (unpaired) electrons. The van der Waals surface area contributed by atoms with Crippen molar-refractivity contribution in [2.75, 3.05) is 37.9 Å². The molecule has 0 bridgehead atoms. The van der Waals surface area contributed by atoms with Gasteiger partial charge < -0.3 is 28.8 Å². The molecule has 1 aliphatic heterocycles. The molecule has 3 atom stereocenters. The van der Waals surface area contributed by atoms with Crippen molar-refractivity contribution in [2.45, 2.75) is 31.5 Å². The van der Waals surface area contributed by atoms with Gasteiger partial charge in [0.15, 0.2) is 6.23 Å². The van der Waals surface area contributed by atoms with Gasteiger partial charge in [0.2, 0.25) is 0 Å². The van der Waals surface area contributed by atoms with Crippen molar-refractivity contribution in [1.82, 2.24) is 9.55 Å². The predicted octanol–water partition coefficient (Wildman–Crippen LogP) is 0.562. The van der Waals surface area contributed by atoms with Gasteiger partial charge in [-0.05, 0) is 44.1 Å². The maximum Gasteiger partial charge on any atom is 0.351 e. The summed E-state index contributed by atoms with van der Waals surface area (Å²) in [5.41, 5.74) is 0.639. The minimum Gasteiger partial charge on any atom is -0.392 e. The molecule has 2 aromatic rings. The third kappa shape index (κ3) is 7.13. The van der Waals surface area contributed by atoms with Crippen LogP contribution < -0.4 is 11.0 Å². The van der Waals surface area contributed by atoms with Gasteiger partial charge in [-0.1, -0.05) is 12.1 Å². The monoisotopic (exact) mass is 480 g/mol. The number of ether oxygens (including phenoxy) is 3. The quantitative estimate of drug-likeness (QED) is 0.241. The van der Waals surface area contributed by atoms with Gasteiger partial charge in [-0.2, -0.15) is 4.98 Å². The van der Waals surface area contributed by atoms with Crippen LogP contribution in [0.1, 0.15) is 28.6 Å². The highest BCUT2D eigenvalue weighted by atomic mass is 32.2. The van der Waals surface area contributed by atoms with Crippen LogP contribution in [-0.2, 0) is 25.0 Å². The topological polar surface area (TPSA) is 121 Å². The zero-order chi connectivity index (χ0) is 25.2. The van der Waals surface area contributed by atoms with Crippen molar-refractivity contribution < 1.29 is 28.3 Å². The van der Waals surface area contributed by atoms with E-state index in [0.29, 0.717) is 30.8 Å². The lowest BCUT2D eigenvalue weighted by Crippen LogP contribution is -2.33. The number of carbonyl (C=O) groups excluding carboxylic acids is 1. The maximum atomic E-state index is 12.8. The second-order valence-electron chi connectivity index (χ2n) is 7.17. The lowest BCUT2D eigenvalue weighted by atomic mass is 10.1. The van der Waals surface area contributed by atoms with Crippen molar-refractivity contribution in [1.29, 1.82) is 2.67 Å². The summed E-state index contributed by atoms with van der Waals surface area (Å²) in [5, 5.41) is 11.7. The molecule has 3 rings (SSSR count). The highest BCUT2D eigenvalue weighted by Gasteiger charge is 2.38. The summed E-state index contributed by atoms with van der Waals surface area (Å²) >= 11 is 1.03. The van der Waals surface area contributed by atoms with Crippen LogP contribution >= 0.6 is 12.0 Å². The van der Waals surface area contributed by atoms with E-state index in [1.165, 1.54) is 16.8 Å². The minimum absolute atomic E-state index is 0.0916. The number of hydrogen-bond donors (Lipinski definition) is 2. The van der Waals surface area contributed by atoms with E-state index in [0.717, 1.165) is 12.0 Å². The Morgan fingerprint density at radius 2 is 2.27 bits per heavy atom. The zero-order valence-corrected chi connectivity index (χ0v) is 19.0. The lowest BCUT2D eigenvalue weighted by Gasteiger charge is -2.21. The number of nitrogens with zero attached hydrogens (tertiary/aromatic N) is 2. The number of aliphatic hydroxyl groups excluding tert-OH is 1. The fourth-order valence-electron chi connectivity index (χ4n) is 3.30. The summed E-state index contributed by atoms with van der Waals surface area (Å²) in [5.74, 6) is -0.344. The average molecular weight is 480 g/mol. The smallest absolute Gasteiger partial charge is 0.351 e. The number of rotatable bonds is 13. The fourth-order valence-corrected chi connectivity index (χ4v) is 3.64. The number of carbonyl (C=O) groups is 1. The first-order chi connectivity index (χ1) is 16.9. The van der Waals surface area contributed by atoms with E-state index < -0.39 is 31.7 Å². The van der Waals surface area contributed by atoms with E-state index in [1.807, 2.05) is 0 Å². The largest absolute Gasteiger partial charge is 0.392 e. The molecule has 0 aliphatic carbocycles. The van der Waals surface area contributed by atoms with Crippen LogP contribution in [0, 0.1) is 0 Å². The van der Waals surface area contributed by atoms with E-state index in [2.05, 4.69) is 10.3 Å². The molecule has 0 spiro atoms. The molecule has 10 nitrogen and oxygen atoms in total. The van der Waals surface area contributed by atoms with E-state index >= 15 is 0 Å². The third-order valence-corrected chi connectivity index (χ3v) is 5.35. The van der Waals surface area contributed by atoms with Crippen LogP contribution in [0.4, 0.5) is 5.82 Å². The number of anilines is 1. The average Bonchev–Trinajstić information content (AvgIpc) is 3.24. The van der Waals surface area contributed by atoms with Crippen LogP contribution in [0.5, 0.6) is 0 Å². The molecule has 33 heavy (non-hydrogen) atoms. The Bertz CT molecular complexity index is 1020. The Hall–Kier alpha value is -2.22. The summed E-state index contributed by atoms with van der Waals surface area (Å²) in [4.78, 5) is 29.2. The first-order valence-electron chi connectivity index (χ1n) is 11.5. The molecule has 12 heteroatoms. The molecule has 0 saturated carbocycles. The predicted molar refractivity (Wildman–Crippen MR) is 126 cm³/mol. The van der Waals surface area contributed by atoms with Gasteiger partial charge in [0.25, 0.3) is 5.91 Å². The van der Waals surface area contributed by atoms with Gasteiger partial charge in [-0.15, -0.1) is 0 Å². The van der Waals surface area contributed by atoms with Crippen molar-refractivity contribution in [3.8, 4) is 0 Å². The van der Waals surface area contributed by atoms with Crippen LogP contribution in [0.25, 0.3) is 0 Å². The van der Waals surface area contributed by atoms with Crippen molar-refractivity contribution >= 4 is 31.5 Å². The van der Waals surface area contributed by atoms with Gasteiger partial charge >= 0.3 is 5.69 Å². The standard InChI is InChI=1S/C21H28BN3O7S/c1-29-8-9-30-17-10-16(12-31-33-13-22)32-20(17)25-7-6-18(24-21(25)28)23-19(27)15-4-2-14(11-26)3-5-15/h2-7,16-17,20,26H,8-13,22H2,1H3,(H,23,24,27,28)/t16-,17?,20+/m0/s1/i22TD. The zero-order valence-electron chi connectivity index (χ0n) is 20.2. The second kappa shape index (κ2) is 12.9. The number of aliphatic hydroxyl groups is 1. The Kier molecular flexibility index (Phi) is 8.80. The first kappa shape index (κ1) is 22.6. The lowest BCUT2D eigenvalue weighted by molar-refractivity contribution is -0.0764. The van der Waals surface area contributed by atoms with Crippen LogP contribution in [0.3, 0.4) is 0 Å². The number of benzene rings is 1. The van der Waals surface area contributed by atoms with E-state index in [4.69, 9.17) is 26.2 Å². The van der Waals surface area contributed by atoms with E-state index in [9.17, 15) is 9.59 Å². The van der Waals surface area contributed by atoms with Gasteiger partial charge in [0.1, 0.15) is 19.7 Å². The summed E-state index contributed by atoms with van der Waals surface area (Å²) in [7, 11) is 0.583. The van der Waals surface area contributed by atoms with E-state index in [-0.39, 0.29) is 30.8 Å². The highest BCUT2D eigenvalue weighted by Crippen LogP contribution is 2.31. The highest BCUT2D eigenvalue weighted by molar-refractivity contribution is 7.95. The summed E-state index contributed by atoms with van der Waals surface area (Å²) in [6.07, 6.45) is 0.396. The molecular formula is C21H28BN3O7S. The van der Waals surface area contributed by atoms with Gasteiger partial charge in [-0.3, -0.25) is 9.36 Å². The number of amides is 1. The molecule has 1 saturated heterocycles. The minimum atomic E-state index is -0.981. The Morgan fingerprint density at radius 3 is 2.97 bits per heavy atom. The van der Waals surface area contributed by atoms with Gasteiger partial charge in [0, 0.05) is 25.3 Å². The molecule has 2 heterocycles. The number of nitrogens with one attached hydrogen (secondary N) is 1. The van der Waals surface area contributed by atoms with Crippen molar-refractivity contribution in [2.24, 2.45) is 0 Å². The summed E-state index contributed by atoms with van der Waals surface area (Å²) < 4.78 is 38.1. The van der Waals surface area contributed by atoms with Gasteiger partial charge in [-0.25, -0.2) is 4.79 Å². The SMILES string of the molecule is [2H]B([3H])CSOC[C@@H]1CC(OCCOC)[C@H](n2ccc(NC(=O)c3ccc(CO)cc3)nc2=O)O1. The molecule has 2 N–H and O–H groups in total. The summed E-state index contributed by atoms with van der Waals surface area (Å²) in [6, 6.07) is 7.92. The maximum absolute atomic E-state index is 12.8. The molecule has 1 fully saturated rings. The van der Waals surface area contributed by atoms with Gasteiger partial charge in [0.05, 0.1) is 32.5 Å². The molecular weight excluding hydrogens is 449 g/mol. The Labute approximate surface area is 199 Å². The number of hydrogen-bond acceptors (Lipinski definition) is 9. The van der Waals surface area contributed by atoms with Crippen LogP contribution in [-0.4, -0.2) is 75.8 Å². The summed E-state index contributed by atoms with van der Waals surface area (Å²) in [6.45, 7) is 0.785. The fraction of sp³-hybridized carbons (Fsp3) is 0.476. The van der Waals surface area contributed by atoms with Crippen molar-refractivity contribution in [3.63, 3.8) is 0 Å². The molecule has 1 aromatic heterocycles. The molecule has 1 unspecified atom stereocenters. The molecule has 1 amide bonds. The second-order valence-corrected chi connectivity index (χ2v) is 7.97. The Morgan fingerprint density at radius 1 is 1.45 bits per heavy atom. The molecule has 178 valence electrons. The normalized spacial score (nSPS) is 20.8. The molecule has 1 aromatic carbocycles. The number of methoxy groups -OCH3 is 1. The third-order valence-electron chi connectivity index (χ3n) is 4.91.